The van der Waals surface area contributed by atoms with Crippen molar-refractivity contribution in [3.63, 3.8) is 0 Å². The lowest BCUT2D eigenvalue weighted by Gasteiger charge is -2.07. The molecule has 0 spiro atoms. The molecule has 1 unspecified atom stereocenters. The highest BCUT2D eigenvalue weighted by Gasteiger charge is 2.48. The van der Waals surface area contributed by atoms with Gasteiger partial charge in [0.1, 0.15) is 4.90 Å². The molecule has 0 saturated heterocycles. The minimum atomic E-state index is -3.41. The van der Waals surface area contributed by atoms with E-state index in [1.54, 1.807) is 6.07 Å². The van der Waals surface area contributed by atoms with Gasteiger partial charge in [0.25, 0.3) is 0 Å². The zero-order chi connectivity index (χ0) is 13.6. The maximum absolute atomic E-state index is 12.3. The molecule has 18 heavy (non-hydrogen) atoms. The van der Waals surface area contributed by atoms with Crippen LogP contribution in [0.15, 0.2) is 14.7 Å². The van der Waals surface area contributed by atoms with E-state index >= 15 is 0 Å². The van der Waals surface area contributed by atoms with E-state index in [4.69, 9.17) is 0 Å². The highest BCUT2D eigenvalue weighted by molar-refractivity contribution is 9.11. The number of rotatable bonds is 5. The number of hydrogen-bond donors (Lipinski definition) is 2. The van der Waals surface area contributed by atoms with Gasteiger partial charge in [-0.05, 0) is 40.9 Å². The fourth-order valence-corrected chi connectivity index (χ4v) is 5.86. The maximum Gasteiger partial charge on any atom is 0.242 e. The zero-order valence-corrected chi connectivity index (χ0v) is 13.8. The number of halogens is 1. The van der Waals surface area contributed by atoms with Crippen molar-refractivity contribution in [2.75, 3.05) is 7.05 Å². The fourth-order valence-electron chi connectivity index (χ4n) is 1.76. The molecular formula is C11H17BrN2O2S2. The van der Waals surface area contributed by atoms with Crippen molar-refractivity contribution in [3.8, 4) is 0 Å². The number of sulfonamides is 1. The third-order valence-electron chi connectivity index (χ3n) is 3.16. The second-order valence-corrected chi connectivity index (χ2v) is 9.38. The lowest BCUT2D eigenvalue weighted by atomic mass is 10.2. The second kappa shape index (κ2) is 4.86. The van der Waals surface area contributed by atoms with Gasteiger partial charge in [0.05, 0.1) is 3.79 Å². The molecule has 2 N–H and O–H groups in total. The first-order valence-electron chi connectivity index (χ1n) is 5.71. The Kier molecular flexibility index (Phi) is 3.91. The molecule has 0 bridgehead atoms. The van der Waals surface area contributed by atoms with Crippen LogP contribution in [0, 0.1) is 5.41 Å². The molecule has 1 atom stereocenters. The molecule has 1 aromatic heterocycles. The Labute approximate surface area is 120 Å². The molecule has 0 amide bonds. The van der Waals surface area contributed by atoms with Crippen LogP contribution in [-0.2, 0) is 16.6 Å². The van der Waals surface area contributed by atoms with Gasteiger partial charge >= 0.3 is 0 Å². The van der Waals surface area contributed by atoms with Crippen LogP contribution in [0.4, 0.5) is 0 Å². The smallest absolute Gasteiger partial charge is 0.242 e. The van der Waals surface area contributed by atoms with E-state index in [0.717, 1.165) is 11.3 Å². The first-order valence-corrected chi connectivity index (χ1v) is 8.81. The van der Waals surface area contributed by atoms with Crippen LogP contribution in [0.25, 0.3) is 0 Å². The van der Waals surface area contributed by atoms with Crippen LogP contribution >= 0.6 is 27.3 Å². The Bertz CT molecular complexity index is 551. The van der Waals surface area contributed by atoms with Crippen LogP contribution < -0.4 is 10.0 Å². The summed E-state index contributed by atoms with van der Waals surface area (Å²) in [6, 6.07) is 1.78. The summed E-state index contributed by atoms with van der Waals surface area (Å²) in [7, 11) is -1.57. The molecule has 1 heterocycles. The van der Waals surface area contributed by atoms with E-state index in [0.29, 0.717) is 15.2 Å². The van der Waals surface area contributed by atoms with Crippen molar-refractivity contribution in [1.29, 1.82) is 0 Å². The van der Waals surface area contributed by atoms with Crippen LogP contribution in [0.3, 0.4) is 0 Å². The molecule has 0 aliphatic heterocycles. The van der Waals surface area contributed by atoms with Gasteiger partial charge in [0.15, 0.2) is 0 Å². The summed E-state index contributed by atoms with van der Waals surface area (Å²) < 4.78 is 27.9. The predicted molar refractivity (Wildman–Crippen MR) is 77.3 cm³/mol. The second-order valence-electron chi connectivity index (χ2n) is 5.25. The largest absolute Gasteiger partial charge is 0.315 e. The molecule has 0 radical (unpaired) electrons. The molecule has 0 aromatic carbocycles. The van der Waals surface area contributed by atoms with Crippen molar-refractivity contribution in [1.82, 2.24) is 10.0 Å². The Hall–Kier alpha value is 0.0500. The Morgan fingerprint density at radius 3 is 2.67 bits per heavy atom. The molecule has 2 rings (SSSR count). The van der Waals surface area contributed by atoms with E-state index in [1.807, 2.05) is 7.05 Å². The summed E-state index contributed by atoms with van der Waals surface area (Å²) >= 11 is 4.78. The quantitative estimate of drug-likeness (QED) is 0.854. The summed E-state index contributed by atoms with van der Waals surface area (Å²) in [4.78, 5) is 1.35. The first kappa shape index (κ1) is 14.5. The Morgan fingerprint density at radius 1 is 1.56 bits per heavy atom. The van der Waals surface area contributed by atoms with E-state index in [2.05, 4.69) is 39.8 Å². The van der Waals surface area contributed by atoms with Gasteiger partial charge in [-0.25, -0.2) is 13.1 Å². The van der Waals surface area contributed by atoms with Crippen LogP contribution in [0.1, 0.15) is 25.1 Å². The Balaban J connectivity index is 2.19. The summed E-state index contributed by atoms with van der Waals surface area (Å²) in [5.74, 6) is 0. The van der Waals surface area contributed by atoms with Gasteiger partial charge in [-0.3, -0.25) is 0 Å². The first-order chi connectivity index (χ1) is 8.26. The zero-order valence-electron chi connectivity index (χ0n) is 10.6. The molecule has 4 nitrogen and oxygen atoms in total. The summed E-state index contributed by atoms with van der Waals surface area (Å²) in [6.07, 6.45) is 0.900. The minimum absolute atomic E-state index is 0.0575. The number of hydrogen-bond acceptors (Lipinski definition) is 4. The van der Waals surface area contributed by atoms with Gasteiger partial charge in [-0.1, -0.05) is 13.8 Å². The molecule has 7 heteroatoms. The van der Waals surface area contributed by atoms with Crippen molar-refractivity contribution in [2.45, 2.75) is 37.8 Å². The highest BCUT2D eigenvalue weighted by Crippen LogP contribution is 2.45. The molecular weight excluding hydrogens is 336 g/mol. The highest BCUT2D eigenvalue weighted by atomic mass is 79.9. The molecule has 1 aliphatic rings. The summed E-state index contributed by atoms with van der Waals surface area (Å²) in [6.45, 7) is 4.80. The SMILES string of the molecule is CNCc1cc(S(=O)(=O)NC2CC2(C)C)c(Br)s1. The Morgan fingerprint density at radius 2 is 2.17 bits per heavy atom. The molecule has 1 aromatic rings. The minimum Gasteiger partial charge on any atom is -0.315 e. The monoisotopic (exact) mass is 352 g/mol. The van der Waals surface area contributed by atoms with Gasteiger partial charge in [0.2, 0.25) is 10.0 Å². The van der Waals surface area contributed by atoms with Crippen LogP contribution in [0.5, 0.6) is 0 Å². The van der Waals surface area contributed by atoms with Gasteiger partial charge < -0.3 is 5.32 Å². The topological polar surface area (TPSA) is 58.2 Å². The van der Waals surface area contributed by atoms with Crippen molar-refractivity contribution >= 4 is 37.3 Å². The number of nitrogens with one attached hydrogen (secondary N) is 2. The van der Waals surface area contributed by atoms with E-state index < -0.39 is 10.0 Å². The average Bonchev–Trinajstić information content (AvgIpc) is 2.66. The van der Waals surface area contributed by atoms with Gasteiger partial charge in [-0.15, -0.1) is 11.3 Å². The predicted octanol–water partition coefficient (Wildman–Crippen LogP) is 2.31. The number of thiophene rings is 1. The molecule has 1 aliphatic carbocycles. The lowest BCUT2D eigenvalue weighted by Crippen LogP contribution is -2.28. The molecule has 102 valence electrons. The third-order valence-corrected chi connectivity index (χ3v) is 6.88. The van der Waals surface area contributed by atoms with Crippen LogP contribution in [-0.4, -0.2) is 21.5 Å². The maximum atomic E-state index is 12.3. The van der Waals surface area contributed by atoms with Gasteiger partial charge in [0, 0.05) is 17.5 Å². The summed E-state index contributed by atoms with van der Waals surface area (Å²) in [5.41, 5.74) is 0.0867. The molecule has 1 saturated carbocycles. The third kappa shape index (κ3) is 2.96. The van der Waals surface area contributed by atoms with E-state index in [-0.39, 0.29) is 11.5 Å². The fraction of sp³-hybridized carbons (Fsp3) is 0.636. The summed E-state index contributed by atoms with van der Waals surface area (Å²) in [5, 5.41) is 3.02. The average molecular weight is 353 g/mol. The van der Waals surface area contributed by atoms with Crippen molar-refractivity contribution in [3.05, 3.63) is 14.7 Å². The van der Waals surface area contributed by atoms with E-state index in [9.17, 15) is 8.42 Å². The van der Waals surface area contributed by atoms with Gasteiger partial charge in [-0.2, -0.15) is 0 Å². The van der Waals surface area contributed by atoms with Crippen molar-refractivity contribution < 1.29 is 8.42 Å². The van der Waals surface area contributed by atoms with E-state index in [1.165, 1.54) is 11.3 Å². The van der Waals surface area contributed by atoms with Crippen molar-refractivity contribution in [2.24, 2.45) is 5.41 Å². The molecule has 1 fully saturated rings. The lowest BCUT2D eigenvalue weighted by molar-refractivity contribution is 0.555. The standard InChI is InChI=1S/C11H17BrN2O2S2/c1-11(2)5-9(11)14-18(15,16)8-4-7(6-13-3)17-10(8)12/h4,9,13-14H,5-6H2,1-3H3. The normalized spacial score (nSPS) is 22.1. The van der Waals surface area contributed by atoms with Crippen LogP contribution in [0.2, 0.25) is 0 Å².